The number of carbonyl (C=O) groups is 1. The van der Waals surface area contributed by atoms with Crippen molar-refractivity contribution in [2.24, 2.45) is 11.7 Å². The molecule has 4 heteroatoms. The van der Waals surface area contributed by atoms with Crippen molar-refractivity contribution in [1.82, 2.24) is 4.98 Å². The molecule has 1 saturated carbocycles. The van der Waals surface area contributed by atoms with Crippen LogP contribution >= 0.6 is 0 Å². The molecule has 0 aliphatic heterocycles. The van der Waals surface area contributed by atoms with Crippen molar-refractivity contribution >= 4 is 22.5 Å². The SMILES string of the molecule is NC(CC1CCCCC1)C(=O)Nc1cnc2ccccc2c1. The van der Waals surface area contributed by atoms with Crippen LogP contribution < -0.4 is 11.1 Å². The van der Waals surface area contributed by atoms with Gasteiger partial charge in [-0.1, -0.05) is 50.3 Å². The van der Waals surface area contributed by atoms with Crippen LogP contribution in [0.3, 0.4) is 0 Å². The fourth-order valence-corrected chi connectivity index (χ4v) is 3.26. The average molecular weight is 297 g/mol. The first-order valence-corrected chi connectivity index (χ1v) is 8.13. The largest absolute Gasteiger partial charge is 0.323 e. The predicted molar refractivity (Wildman–Crippen MR) is 89.5 cm³/mol. The van der Waals surface area contributed by atoms with Crippen molar-refractivity contribution in [3.05, 3.63) is 36.5 Å². The van der Waals surface area contributed by atoms with E-state index in [1.807, 2.05) is 30.3 Å². The molecule has 116 valence electrons. The fourth-order valence-electron chi connectivity index (χ4n) is 3.26. The summed E-state index contributed by atoms with van der Waals surface area (Å²) in [5.74, 6) is 0.492. The van der Waals surface area contributed by atoms with Gasteiger partial charge in [-0.3, -0.25) is 9.78 Å². The number of carbonyl (C=O) groups excluding carboxylic acids is 1. The summed E-state index contributed by atoms with van der Waals surface area (Å²) >= 11 is 0. The Morgan fingerprint density at radius 2 is 2.05 bits per heavy atom. The maximum absolute atomic E-state index is 12.3. The summed E-state index contributed by atoms with van der Waals surface area (Å²) in [6, 6.07) is 9.36. The first kappa shape index (κ1) is 15.0. The molecule has 1 aromatic carbocycles. The van der Waals surface area contributed by atoms with Gasteiger partial charge in [-0.2, -0.15) is 0 Å². The van der Waals surface area contributed by atoms with Crippen LogP contribution in [0.2, 0.25) is 0 Å². The molecule has 1 atom stereocenters. The molecule has 1 amide bonds. The molecule has 4 nitrogen and oxygen atoms in total. The molecule has 1 aromatic heterocycles. The van der Waals surface area contributed by atoms with E-state index in [-0.39, 0.29) is 5.91 Å². The quantitative estimate of drug-likeness (QED) is 0.908. The molecule has 1 unspecified atom stereocenters. The Kier molecular flexibility index (Phi) is 4.68. The number of benzene rings is 1. The highest BCUT2D eigenvalue weighted by atomic mass is 16.2. The van der Waals surface area contributed by atoms with Crippen molar-refractivity contribution in [3.63, 3.8) is 0 Å². The lowest BCUT2D eigenvalue weighted by atomic mass is 9.85. The van der Waals surface area contributed by atoms with Gasteiger partial charge in [0.25, 0.3) is 0 Å². The van der Waals surface area contributed by atoms with Gasteiger partial charge in [-0.25, -0.2) is 0 Å². The lowest BCUT2D eigenvalue weighted by molar-refractivity contribution is -0.117. The molecule has 1 aliphatic carbocycles. The Balaban J connectivity index is 1.61. The molecular weight excluding hydrogens is 274 g/mol. The number of amides is 1. The van der Waals surface area contributed by atoms with E-state index in [1.165, 1.54) is 32.1 Å². The third-order valence-electron chi connectivity index (χ3n) is 4.51. The van der Waals surface area contributed by atoms with Crippen LogP contribution in [0.4, 0.5) is 5.69 Å². The third kappa shape index (κ3) is 3.63. The van der Waals surface area contributed by atoms with Crippen LogP contribution in [0.1, 0.15) is 38.5 Å². The number of anilines is 1. The number of hydrogen-bond acceptors (Lipinski definition) is 3. The topological polar surface area (TPSA) is 68.0 Å². The molecule has 0 radical (unpaired) electrons. The molecule has 22 heavy (non-hydrogen) atoms. The number of rotatable bonds is 4. The van der Waals surface area contributed by atoms with Gasteiger partial charge in [0.1, 0.15) is 0 Å². The smallest absolute Gasteiger partial charge is 0.241 e. The number of nitrogens with zero attached hydrogens (tertiary/aromatic N) is 1. The normalized spacial score (nSPS) is 17.3. The number of pyridine rings is 1. The molecular formula is C18H23N3O. The highest BCUT2D eigenvalue weighted by molar-refractivity contribution is 5.96. The second-order valence-corrected chi connectivity index (χ2v) is 6.25. The molecule has 2 aromatic rings. The lowest BCUT2D eigenvalue weighted by Gasteiger charge is -2.24. The van der Waals surface area contributed by atoms with Gasteiger partial charge in [0.2, 0.25) is 5.91 Å². The first-order chi connectivity index (χ1) is 10.7. The number of fused-ring (bicyclic) bond motifs is 1. The Bertz CT molecular complexity index is 650. The zero-order valence-electron chi connectivity index (χ0n) is 12.8. The lowest BCUT2D eigenvalue weighted by Crippen LogP contribution is -2.37. The molecule has 1 heterocycles. The van der Waals surface area contributed by atoms with Crippen LogP contribution in [-0.2, 0) is 4.79 Å². The number of para-hydroxylation sites is 1. The third-order valence-corrected chi connectivity index (χ3v) is 4.51. The van der Waals surface area contributed by atoms with Gasteiger partial charge in [-0.05, 0) is 24.5 Å². The Morgan fingerprint density at radius 1 is 1.27 bits per heavy atom. The van der Waals surface area contributed by atoms with Crippen LogP contribution in [0, 0.1) is 5.92 Å². The minimum absolute atomic E-state index is 0.109. The van der Waals surface area contributed by atoms with Crippen LogP contribution in [0.15, 0.2) is 36.5 Å². The average Bonchev–Trinajstić information content (AvgIpc) is 2.55. The van der Waals surface area contributed by atoms with Crippen LogP contribution in [-0.4, -0.2) is 16.9 Å². The number of aromatic nitrogens is 1. The Hall–Kier alpha value is -1.94. The highest BCUT2D eigenvalue weighted by Crippen LogP contribution is 2.27. The molecule has 1 fully saturated rings. The number of hydrogen-bond donors (Lipinski definition) is 2. The Morgan fingerprint density at radius 3 is 2.86 bits per heavy atom. The Labute approximate surface area is 131 Å². The summed E-state index contributed by atoms with van der Waals surface area (Å²) in [6.07, 6.45) is 8.75. The van der Waals surface area contributed by atoms with Crippen molar-refractivity contribution < 1.29 is 4.79 Å². The summed E-state index contributed by atoms with van der Waals surface area (Å²) in [4.78, 5) is 16.6. The molecule has 3 rings (SSSR count). The van der Waals surface area contributed by atoms with E-state index in [9.17, 15) is 4.79 Å². The van der Waals surface area contributed by atoms with Gasteiger partial charge < -0.3 is 11.1 Å². The van der Waals surface area contributed by atoms with E-state index in [0.717, 1.165) is 17.3 Å². The number of nitrogens with two attached hydrogens (primary N) is 1. The second kappa shape index (κ2) is 6.88. The maximum atomic E-state index is 12.3. The fraction of sp³-hybridized carbons (Fsp3) is 0.444. The van der Waals surface area contributed by atoms with E-state index < -0.39 is 6.04 Å². The minimum Gasteiger partial charge on any atom is -0.323 e. The molecule has 0 spiro atoms. The summed E-state index contributed by atoms with van der Waals surface area (Å²) in [5, 5.41) is 3.91. The summed E-state index contributed by atoms with van der Waals surface area (Å²) < 4.78 is 0. The minimum atomic E-state index is -0.436. The number of nitrogens with one attached hydrogen (secondary N) is 1. The first-order valence-electron chi connectivity index (χ1n) is 8.13. The van der Waals surface area contributed by atoms with Gasteiger partial charge in [0.15, 0.2) is 0 Å². The van der Waals surface area contributed by atoms with Crippen molar-refractivity contribution in [1.29, 1.82) is 0 Å². The van der Waals surface area contributed by atoms with E-state index in [2.05, 4.69) is 10.3 Å². The zero-order chi connectivity index (χ0) is 15.4. The highest BCUT2D eigenvalue weighted by Gasteiger charge is 2.21. The van der Waals surface area contributed by atoms with E-state index in [0.29, 0.717) is 11.6 Å². The monoisotopic (exact) mass is 297 g/mol. The van der Waals surface area contributed by atoms with Crippen molar-refractivity contribution in [2.75, 3.05) is 5.32 Å². The van der Waals surface area contributed by atoms with E-state index in [1.54, 1.807) is 6.20 Å². The van der Waals surface area contributed by atoms with Crippen molar-refractivity contribution in [2.45, 2.75) is 44.6 Å². The molecule has 3 N–H and O–H groups in total. The zero-order valence-corrected chi connectivity index (χ0v) is 12.8. The van der Waals surface area contributed by atoms with E-state index in [4.69, 9.17) is 5.73 Å². The predicted octanol–water partition coefficient (Wildman–Crippen LogP) is 3.47. The summed E-state index contributed by atoms with van der Waals surface area (Å²) in [5.41, 5.74) is 7.71. The van der Waals surface area contributed by atoms with E-state index >= 15 is 0 Å². The molecule has 1 aliphatic rings. The maximum Gasteiger partial charge on any atom is 0.241 e. The van der Waals surface area contributed by atoms with Gasteiger partial charge in [0, 0.05) is 5.39 Å². The summed E-state index contributed by atoms with van der Waals surface area (Å²) in [6.45, 7) is 0. The standard InChI is InChI=1S/C18H23N3O/c19-16(10-13-6-2-1-3-7-13)18(22)21-15-11-14-8-4-5-9-17(14)20-12-15/h4-5,8-9,11-13,16H,1-3,6-7,10,19H2,(H,21,22). The van der Waals surface area contributed by atoms with Gasteiger partial charge in [-0.15, -0.1) is 0 Å². The molecule has 0 bridgehead atoms. The van der Waals surface area contributed by atoms with Gasteiger partial charge >= 0.3 is 0 Å². The van der Waals surface area contributed by atoms with Crippen molar-refractivity contribution in [3.8, 4) is 0 Å². The molecule has 0 saturated heterocycles. The van der Waals surface area contributed by atoms with Crippen LogP contribution in [0.25, 0.3) is 10.9 Å². The summed E-state index contributed by atoms with van der Waals surface area (Å²) in [7, 11) is 0. The van der Waals surface area contributed by atoms with Crippen LogP contribution in [0.5, 0.6) is 0 Å². The van der Waals surface area contributed by atoms with Gasteiger partial charge in [0.05, 0.1) is 23.4 Å². The second-order valence-electron chi connectivity index (χ2n) is 6.25.